The van der Waals surface area contributed by atoms with Gasteiger partial charge in [0.2, 0.25) is 0 Å². The van der Waals surface area contributed by atoms with E-state index in [2.05, 4.69) is 54.8 Å². The van der Waals surface area contributed by atoms with E-state index in [0.717, 1.165) is 5.92 Å². The fourth-order valence-electron chi connectivity index (χ4n) is 4.43. The zero-order valence-electron chi connectivity index (χ0n) is 13.7. The van der Waals surface area contributed by atoms with Gasteiger partial charge in [0.05, 0.1) is 0 Å². The predicted octanol–water partition coefficient (Wildman–Crippen LogP) is 5.67. The molecule has 116 valence electrons. The van der Waals surface area contributed by atoms with E-state index in [1.807, 2.05) is 0 Å². The first kappa shape index (κ1) is 13.9. The highest BCUT2D eigenvalue weighted by molar-refractivity contribution is 6.06. The van der Waals surface area contributed by atoms with Gasteiger partial charge in [-0.05, 0) is 61.6 Å². The molecule has 0 unspecified atom stereocenters. The minimum atomic E-state index is 0.0702. The van der Waals surface area contributed by atoms with E-state index in [1.54, 1.807) is 0 Å². The van der Waals surface area contributed by atoms with Gasteiger partial charge in [-0.15, -0.1) is 0 Å². The Morgan fingerprint density at radius 1 is 1.05 bits per heavy atom. The predicted molar refractivity (Wildman–Crippen MR) is 95.5 cm³/mol. The van der Waals surface area contributed by atoms with Crippen LogP contribution in [-0.4, -0.2) is 5.66 Å². The minimum Gasteiger partial charge on any atom is -0.362 e. The third kappa shape index (κ3) is 2.16. The molecule has 0 atom stereocenters. The number of benzene rings is 2. The standard InChI is InChI=1S/C20H26N2/c1-3-5-15-10-12-20(13-11-15)21-17-7-4-6-16-14(2)8-9-18(22-20)19(16)17/h4,6-9,15,21-22H,3,5,10-13H2,1-2H3. The average Bonchev–Trinajstić information content (AvgIpc) is 2.53. The second-order valence-corrected chi connectivity index (χ2v) is 7.22. The van der Waals surface area contributed by atoms with Gasteiger partial charge in [0.15, 0.2) is 0 Å². The summed E-state index contributed by atoms with van der Waals surface area (Å²) < 4.78 is 0. The van der Waals surface area contributed by atoms with E-state index in [1.165, 1.54) is 66.2 Å². The molecule has 1 saturated carbocycles. The van der Waals surface area contributed by atoms with Crippen molar-refractivity contribution in [1.29, 1.82) is 0 Å². The normalized spacial score (nSPS) is 26.7. The highest BCUT2D eigenvalue weighted by Crippen LogP contribution is 2.44. The van der Waals surface area contributed by atoms with Crippen LogP contribution in [-0.2, 0) is 0 Å². The maximum Gasteiger partial charge on any atom is 0.108 e. The van der Waals surface area contributed by atoms with Crippen LogP contribution < -0.4 is 10.6 Å². The Labute approximate surface area is 133 Å². The van der Waals surface area contributed by atoms with Gasteiger partial charge in [0.25, 0.3) is 0 Å². The van der Waals surface area contributed by atoms with Crippen molar-refractivity contribution >= 4 is 22.1 Å². The summed E-state index contributed by atoms with van der Waals surface area (Å²) in [6.07, 6.45) is 7.83. The molecule has 2 nitrogen and oxygen atoms in total. The molecule has 2 aliphatic rings. The fraction of sp³-hybridized carbons (Fsp3) is 0.500. The van der Waals surface area contributed by atoms with Crippen molar-refractivity contribution in [2.45, 2.75) is 58.0 Å². The third-order valence-corrected chi connectivity index (χ3v) is 5.66. The lowest BCUT2D eigenvalue weighted by atomic mass is 9.78. The summed E-state index contributed by atoms with van der Waals surface area (Å²) in [5.41, 5.74) is 4.04. The molecule has 22 heavy (non-hydrogen) atoms. The second kappa shape index (κ2) is 5.19. The van der Waals surface area contributed by atoms with E-state index in [-0.39, 0.29) is 5.66 Å². The van der Waals surface area contributed by atoms with Crippen LogP contribution in [0.25, 0.3) is 10.8 Å². The summed E-state index contributed by atoms with van der Waals surface area (Å²) in [4.78, 5) is 0. The Kier molecular flexibility index (Phi) is 3.28. The van der Waals surface area contributed by atoms with Crippen LogP contribution >= 0.6 is 0 Å². The van der Waals surface area contributed by atoms with Crippen molar-refractivity contribution in [3.63, 3.8) is 0 Å². The molecule has 2 aromatic carbocycles. The average molecular weight is 294 g/mol. The lowest BCUT2D eigenvalue weighted by Crippen LogP contribution is -2.50. The topological polar surface area (TPSA) is 24.1 Å². The molecule has 2 N–H and O–H groups in total. The number of aryl methyl sites for hydroxylation is 1. The lowest BCUT2D eigenvalue weighted by Gasteiger charge is -2.46. The van der Waals surface area contributed by atoms with Gasteiger partial charge in [-0.1, -0.05) is 38.0 Å². The van der Waals surface area contributed by atoms with Crippen molar-refractivity contribution in [2.24, 2.45) is 5.92 Å². The van der Waals surface area contributed by atoms with Gasteiger partial charge in [-0.3, -0.25) is 0 Å². The zero-order valence-corrected chi connectivity index (χ0v) is 13.7. The molecule has 0 saturated heterocycles. The highest BCUT2D eigenvalue weighted by Gasteiger charge is 2.38. The third-order valence-electron chi connectivity index (χ3n) is 5.66. The first-order valence-corrected chi connectivity index (χ1v) is 8.79. The molecule has 1 fully saturated rings. The molecule has 4 rings (SSSR count). The van der Waals surface area contributed by atoms with Crippen molar-refractivity contribution < 1.29 is 0 Å². The smallest absolute Gasteiger partial charge is 0.108 e. The van der Waals surface area contributed by atoms with Crippen LogP contribution in [0, 0.1) is 12.8 Å². The van der Waals surface area contributed by atoms with Gasteiger partial charge >= 0.3 is 0 Å². The molecular weight excluding hydrogens is 268 g/mol. The number of nitrogens with one attached hydrogen (secondary N) is 2. The number of anilines is 2. The van der Waals surface area contributed by atoms with Gasteiger partial charge in [-0.25, -0.2) is 0 Å². The monoisotopic (exact) mass is 294 g/mol. The molecule has 2 heteroatoms. The van der Waals surface area contributed by atoms with Crippen LogP contribution in [0.1, 0.15) is 51.0 Å². The number of hydrogen-bond donors (Lipinski definition) is 2. The fourth-order valence-corrected chi connectivity index (χ4v) is 4.43. The van der Waals surface area contributed by atoms with E-state index < -0.39 is 0 Å². The molecule has 1 aliphatic heterocycles. The van der Waals surface area contributed by atoms with Crippen LogP contribution in [0.15, 0.2) is 30.3 Å². The zero-order chi connectivity index (χ0) is 15.2. The second-order valence-electron chi connectivity index (χ2n) is 7.22. The quantitative estimate of drug-likeness (QED) is 0.745. The molecule has 2 aromatic rings. The lowest BCUT2D eigenvalue weighted by molar-refractivity contribution is 0.263. The molecule has 0 bridgehead atoms. The molecular formula is C20H26N2. The van der Waals surface area contributed by atoms with Gasteiger partial charge in [0.1, 0.15) is 5.66 Å². The molecule has 1 spiro atoms. The summed E-state index contributed by atoms with van der Waals surface area (Å²) >= 11 is 0. The van der Waals surface area contributed by atoms with Crippen LogP contribution in [0.2, 0.25) is 0 Å². The summed E-state index contributed by atoms with van der Waals surface area (Å²) in [5.74, 6) is 0.925. The van der Waals surface area contributed by atoms with Gasteiger partial charge in [-0.2, -0.15) is 0 Å². The van der Waals surface area contributed by atoms with Crippen molar-refractivity contribution in [3.8, 4) is 0 Å². The van der Waals surface area contributed by atoms with E-state index in [9.17, 15) is 0 Å². The summed E-state index contributed by atoms with van der Waals surface area (Å²) in [6, 6.07) is 11.2. The van der Waals surface area contributed by atoms with Crippen molar-refractivity contribution in [2.75, 3.05) is 10.6 Å². The largest absolute Gasteiger partial charge is 0.362 e. The maximum atomic E-state index is 3.86. The minimum absolute atomic E-state index is 0.0702. The SMILES string of the molecule is CCCC1CCC2(CC1)Nc1cccc3c(C)ccc(c13)N2. The Bertz CT molecular complexity index is 682. The molecule has 0 aromatic heterocycles. The van der Waals surface area contributed by atoms with E-state index in [0.29, 0.717) is 0 Å². The molecule has 1 heterocycles. The van der Waals surface area contributed by atoms with E-state index >= 15 is 0 Å². The number of hydrogen-bond acceptors (Lipinski definition) is 2. The molecule has 0 amide bonds. The van der Waals surface area contributed by atoms with Gasteiger partial charge < -0.3 is 10.6 Å². The van der Waals surface area contributed by atoms with Crippen LogP contribution in [0.5, 0.6) is 0 Å². The number of rotatable bonds is 2. The van der Waals surface area contributed by atoms with Crippen molar-refractivity contribution in [1.82, 2.24) is 0 Å². The van der Waals surface area contributed by atoms with Crippen LogP contribution in [0.4, 0.5) is 11.4 Å². The summed E-state index contributed by atoms with van der Waals surface area (Å²) in [6.45, 7) is 4.50. The Morgan fingerprint density at radius 2 is 1.77 bits per heavy atom. The summed E-state index contributed by atoms with van der Waals surface area (Å²) in [5, 5.41) is 10.4. The highest BCUT2D eigenvalue weighted by atomic mass is 15.2. The Balaban J connectivity index is 1.67. The van der Waals surface area contributed by atoms with Gasteiger partial charge in [0, 0.05) is 16.8 Å². The van der Waals surface area contributed by atoms with E-state index in [4.69, 9.17) is 0 Å². The Hall–Kier alpha value is -1.70. The first-order chi connectivity index (χ1) is 10.7. The first-order valence-electron chi connectivity index (χ1n) is 8.79. The summed E-state index contributed by atoms with van der Waals surface area (Å²) in [7, 11) is 0. The molecule has 1 aliphatic carbocycles. The Morgan fingerprint density at radius 3 is 2.50 bits per heavy atom. The van der Waals surface area contributed by atoms with Crippen LogP contribution in [0.3, 0.4) is 0 Å². The maximum absolute atomic E-state index is 3.86. The molecule has 0 radical (unpaired) electrons. The van der Waals surface area contributed by atoms with Crippen molar-refractivity contribution in [3.05, 3.63) is 35.9 Å².